The van der Waals surface area contributed by atoms with Gasteiger partial charge in [-0.3, -0.25) is 10.1 Å². The summed E-state index contributed by atoms with van der Waals surface area (Å²) in [6.45, 7) is 4.38. The Balaban J connectivity index is 1.68. The molecule has 0 aliphatic rings. The average Bonchev–Trinajstić information content (AvgIpc) is 2.89. The van der Waals surface area contributed by atoms with E-state index in [4.69, 9.17) is 0 Å². The second-order valence-corrected chi connectivity index (χ2v) is 8.07. The zero-order chi connectivity index (χ0) is 23.9. The van der Waals surface area contributed by atoms with Gasteiger partial charge in [-0.2, -0.15) is 0 Å². The fraction of sp³-hybridized carbons (Fsp3) is 0.133. The Morgan fingerprint density at radius 3 is 1.56 bits per heavy atom. The molecule has 0 spiro atoms. The van der Waals surface area contributed by atoms with Crippen molar-refractivity contribution in [2.24, 2.45) is 0 Å². The van der Waals surface area contributed by atoms with Crippen LogP contribution in [0.15, 0.2) is 97.1 Å². The first-order valence-corrected chi connectivity index (χ1v) is 11.6. The lowest BCUT2D eigenvalue weighted by Gasteiger charge is -2.29. The normalized spacial score (nSPS) is 11.0. The molecule has 0 atom stereocenters. The van der Waals surface area contributed by atoms with Crippen molar-refractivity contribution < 1.29 is 4.92 Å². The number of benzene rings is 4. The van der Waals surface area contributed by atoms with Crippen LogP contribution >= 0.6 is 0 Å². The van der Waals surface area contributed by atoms with Crippen LogP contribution in [0.1, 0.15) is 36.1 Å². The molecule has 0 heterocycles. The Bertz CT molecular complexity index is 1240. The smallest absolute Gasteiger partial charge is 0.269 e. The predicted molar refractivity (Wildman–Crippen MR) is 142 cm³/mol. The fourth-order valence-corrected chi connectivity index (χ4v) is 4.10. The van der Waals surface area contributed by atoms with Gasteiger partial charge in [0.1, 0.15) is 0 Å². The summed E-state index contributed by atoms with van der Waals surface area (Å²) in [5.41, 5.74) is 8.18. The zero-order valence-electron chi connectivity index (χ0n) is 19.5. The van der Waals surface area contributed by atoms with Gasteiger partial charge in [0.05, 0.1) is 4.92 Å². The zero-order valence-corrected chi connectivity index (χ0v) is 19.5. The highest BCUT2D eigenvalue weighted by Crippen LogP contribution is 2.38. The molecule has 0 radical (unpaired) electrons. The lowest BCUT2D eigenvalue weighted by atomic mass is 10.0. The van der Waals surface area contributed by atoms with Gasteiger partial charge in [0, 0.05) is 29.2 Å². The summed E-state index contributed by atoms with van der Waals surface area (Å²) < 4.78 is 0. The average molecular weight is 449 g/mol. The highest BCUT2D eigenvalue weighted by Gasteiger charge is 2.17. The van der Waals surface area contributed by atoms with Crippen molar-refractivity contribution in [3.8, 4) is 0 Å². The molecule has 0 aliphatic heterocycles. The summed E-state index contributed by atoms with van der Waals surface area (Å²) in [7, 11) is 0. The minimum absolute atomic E-state index is 0.0984. The van der Waals surface area contributed by atoms with E-state index >= 15 is 0 Å². The van der Waals surface area contributed by atoms with E-state index in [1.165, 1.54) is 34.6 Å². The minimum atomic E-state index is -0.384. The molecule has 0 aromatic heterocycles. The van der Waals surface area contributed by atoms with E-state index in [1.807, 2.05) is 12.2 Å². The van der Waals surface area contributed by atoms with Gasteiger partial charge < -0.3 is 4.90 Å². The van der Waals surface area contributed by atoms with Gasteiger partial charge in [0.15, 0.2) is 0 Å². The molecule has 4 aromatic rings. The fourth-order valence-electron chi connectivity index (χ4n) is 4.10. The van der Waals surface area contributed by atoms with E-state index in [0.717, 1.165) is 29.7 Å². The molecule has 170 valence electrons. The molecule has 4 rings (SSSR count). The van der Waals surface area contributed by atoms with E-state index in [-0.39, 0.29) is 10.6 Å². The summed E-state index contributed by atoms with van der Waals surface area (Å²) in [5, 5.41) is 10.8. The highest BCUT2D eigenvalue weighted by molar-refractivity contribution is 5.81. The lowest BCUT2D eigenvalue weighted by molar-refractivity contribution is -0.384. The molecule has 4 aromatic carbocycles. The van der Waals surface area contributed by atoms with Gasteiger partial charge in [-0.05, 0) is 71.5 Å². The first-order chi connectivity index (χ1) is 16.6. The molecule has 0 unspecified atom stereocenters. The Morgan fingerprint density at radius 1 is 0.676 bits per heavy atom. The monoisotopic (exact) mass is 448 g/mol. The molecule has 0 aliphatic carbocycles. The largest absolute Gasteiger partial charge is 0.310 e. The Kier molecular flexibility index (Phi) is 7.19. The maximum Gasteiger partial charge on any atom is 0.269 e. The van der Waals surface area contributed by atoms with Crippen molar-refractivity contribution in [2.75, 3.05) is 4.90 Å². The number of rotatable bonds is 8. The lowest BCUT2D eigenvalue weighted by Crippen LogP contribution is -2.13. The molecule has 4 nitrogen and oxygen atoms in total. The van der Waals surface area contributed by atoms with Crippen molar-refractivity contribution >= 4 is 34.9 Å². The van der Waals surface area contributed by atoms with E-state index in [2.05, 4.69) is 91.5 Å². The second-order valence-electron chi connectivity index (χ2n) is 8.07. The van der Waals surface area contributed by atoms with Gasteiger partial charge in [-0.1, -0.05) is 74.5 Å². The van der Waals surface area contributed by atoms with E-state index < -0.39 is 0 Å². The minimum Gasteiger partial charge on any atom is -0.310 e. The van der Waals surface area contributed by atoms with E-state index in [0.29, 0.717) is 0 Å². The first kappa shape index (κ1) is 23.0. The number of non-ortho nitro benzene ring substituents is 1. The molecule has 0 saturated heterocycles. The van der Waals surface area contributed by atoms with Gasteiger partial charge in [0.2, 0.25) is 0 Å². The Labute approximate surface area is 201 Å². The standard InChI is InChI=1S/C30H28N2O2/c1-3-25-9-5-7-11-29(25)31(30-12-8-6-10-26(30)4-2)27-19-15-23(16-20-27)13-14-24-17-21-28(22-18-24)32(33)34/h5-22H,3-4H2,1-2H3. The van der Waals surface area contributed by atoms with E-state index in [1.54, 1.807) is 12.1 Å². The molecular formula is C30H28N2O2. The number of nitrogens with zero attached hydrogens (tertiary/aromatic N) is 2. The third-order valence-electron chi connectivity index (χ3n) is 5.95. The van der Waals surface area contributed by atoms with Crippen molar-refractivity contribution in [3.05, 3.63) is 129 Å². The van der Waals surface area contributed by atoms with Crippen molar-refractivity contribution in [1.82, 2.24) is 0 Å². The van der Waals surface area contributed by atoms with Gasteiger partial charge >= 0.3 is 0 Å². The first-order valence-electron chi connectivity index (χ1n) is 11.6. The van der Waals surface area contributed by atoms with Crippen molar-refractivity contribution in [3.63, 3.8) is 0 Å². The van der Waals surface area contributed by atoms with Crippen LogP contribution in [-0.4, -0.2) is 4.92 Å². The molecule has 0 bridgehead atoms. The van der Waals surface area contributed by atoms with Crippen LogP contribution in [0.25, 0.3) is 12.2 Å². The summed E-state index contributed by atoms with van der Waals surface area (Å²) in [5.74, 6) is 0. The SMILES string of the molecule is CCc1ccccc1N(c1ccc(C=Cc2ccc([N+](=O)[O-])cc2)cc1)c1ccccc1CC. The molecule has 0 saturated carbocycles. The van der Waals surface area contributed by atoms with Gasteiger partial charge in [0.25, 0.3) is 5.69 Å². The maximum atomic E-state index is 10.8. The molecular weight excluding hydrogens is 420 g/mol. The predicted octanol–water partition coefficient (Wildman–Crippen LogP) is 8.36. The third kappa shape index (κ3) is 5.07. The molecule has 0 fully saturated rings. The Morgan fingerprint density at radius 2 is 1.12 bits per heavy atom. The number of hydrogen-bond acceptors (Lipinski definition) is 3. The molecule has 0 amide bonds. The number of hydrogen-bond donors (Lipinski definition) is 0. The molecule has 4 heteroatoms. The van der Waals surface area contributed by atoms with Crippen LogP contribution in [0.5, 0.6) is 0 Å². The van der Waals surface area contributed by atoms with Gasteiger partial charge in [-0.15, -0.1) is 0 Å². The summed E-state index contributed by atoms with van der Waals surface area (Å²) in [6, 6.07) is 32.2. The molecule has 34 heavy (non-hydrogen) atoms. The second kappa shape index (κ2) is 10.6. The van der Waals surface area contributed by atoms with Crippen LogP contribution in [0, 0.1) is 10.1 Å². The number of aryl methyl sites for hydroxylation is 2. The number of nitro groups is 1. The van der Waals surface area contributed by atoms with Crippen LogP contribution in [0.4, 0.5) is 22.7 Å². The number of anilines is 3. The number of nitro benzene ring substituents is 1. The topological polar surface area (TPSA) is 46.4 Å². The van der Waals surface area contributed by atoms with Crippen LogP contribution < -0.4 is 4.90 Å². The van der Waals surface area contributed by atoms with Crippen LogP contribution in [0.2, 0.25) is 0 Å². The summed E-state index contributed by atoms with van der Waals surface area (Å²) in [6.07, 6.45) is 5.90. The van der Waals surface area contributed by atoms with Crippen LogP contribution in [-0.2, 0) is 12.8 Å². The van der Waals surface area contributed by atoms with Crippen molar-refractivity contribution in [1.29, 1.82) is 0 Å². The highest BCUT2D eigenvalue weighted by atomic mass is 16.6. The van der Waals surface area contributed by atoms with E-state index in [9.17, 15) is 10.1 Å². The van der Waals surface area contributed by atoms with Crippen LogP contribution in [0.3, 0.4) is 0 Å². The Hall–Kier alpha value is -4.18. The summed E-state index contributed by atoms with van der Waals surface area (Å²) in [4.78, 5) is 12.8. The maximum absolute atomic E-state index is 10.8. The molecule has 0 N–H and O–H groups in total. The quantitative estimate of drug-likeness (QED) is 0.154. The third-order valence-corrected chi connectivity index (χ3v) is 5.95. The number of para-hydroxylation sites is 2. The summed E-state index contributed by atoms with van der Waals surface area (Å²) >= 11 is 0. The van der Waals surface area contributed by atoms with Crippen molar-refractivity contribution in [2.45, 2.75) is 26.7 Å². The van der Waals surface area contributed by atoms with Gasteiger partial charge in [-0.25, -0.2) is 0 Å².